The Bertz CT molecular complexity index is 506. The van der Waals surface area contributed by atoms with E-state index in [4.69, 9.17) is 0 Å². The predicted octanol–water partition coefficient (Wildman–Crippen LogP) is 8.42. The van der Waals surface area contributed by atoms with Gasteiger partial charge in [-0.2, -0.15) is 0 Å². The fourth-order valence-electron chi connectivity index (χ4n) is 10.1. The summed E-state index contributed by atoms with van der Waals surface area (Å²) in [6, 6.07) is 0. The van der Waals surface area contributed by atoms with Gasteiger partial charge in [0, 0.05) is 5.33 Å². The highest BCUT2D eigenvalue weighted by Gasteiger charge is 2.75. The molecule has 5 fully saturated rings. The molecule has 5 aliphatic rings. The Kier molecular flexibility index (Phi) is 4.82. The van der Waals surface area contributed by atoms with Crippen LogP contribution < -0.4 is 0 Å². The van der Waals surface area contributed by atoms with Crippen molar-refractivity contribution < 1.29 is 0 Å². The molecule has 148 valence electrons. The zero-order valence-electron chi connectivity index (χ0n) is 17.1. The van der Waals surface area contributed by atoms with E-state index >= 15 is 0 Å². The monoisotopic (exact) mass is 420 g/mol. The molecule has 0 radical (unpaired) electrons. The fraction of sp³-hybridized carbons (Fsp3) is 1.00. The summed E-state index contributed by atoms with van der Waals surface area (Å²) in [7, 11) is 0. The van der Waals surface area contributed by atoms with E-state index in [-0.39, 0.29) is 0 Å². The molecule has 0 amide bonds. The zero-order chi connectivity index (χ0) is 17.7. The van der Waals surface area contributed by atoms with Crippen LogP contribution in [0.2, 0.25) is 0 Å². The van der Waals surface area contributed by atoms with Crippen molar-refractivity contribution in [3.05, 3.63) is 0 Å². The average Bonchev–Trinajstić information content (AvgIpc) is 2.99. The number of rotatable bonds is 3. The van der Waals surface area contributed by atoms with Crippen LogP contribution in [0.15, 0.2) is 0 Å². The van der Waals surface area contributed by atoms with Crippen LogP contribution in [-0.2, 0) is 0 Å². The SMILES string of the molecule is BrCC12CCCC1(C13CCCCCC1(C1CCCCCC1)CC3)CCC2. The quantitative estimate of drug-likeness (QED) is 0.317. The standard InChI is InChI=1S/C25H41Br/c26-20-22-12-8-16-24(22,17-9-13-22)25-15-7-3-6-14-23(25,18-19-25)21-10-4-1-2-5-11-21/h21H,1-20H2. The molecule has 0 aromatic rings. The van der Waals surface area contributed by atoms with E-state index in [2.05, 4.69) is 15.9 Å². The molecule has 0 saturated heterocycles. The lowest BCUT2D eigenvalue weighted by atomic mass is 9.32. The lowest BCUT2D eigenvalue weighted by molar-refractivity contribution is -0.233. The minimum atomic E-state index is 0.674. The van der Waals surface area contributed by atoms with E-state index < -0.39 is 0 Å². The van der Waals surface area contributed by atoms with Crippen molar-refractivity contribution in [1.82, 2.24) is 0 Å². The van der Waals surface area contributed by atoms with Gasteiger partial charge in [-0.15, -0.1) is 0 Å². The van der Waals surface area contributed by atoms with Gasteiger partial charge in [0.05, 0.1) is 0 Å². The van der Waals surface area contributed by atoms with Gasteiger partial charge >= 0.3 is 0 Å². The van der Waals surface area contributed by atoms with Crippen molar-refractivity contribution in [2.24, 2.45) is 27.6 Å². The minimum Gasteiger partial charge on any atom is -0.0922 e. The third-order valence-electron chi connectivity index (χ3n) is 11.0. The molecule has 5 aliphatic carbocycles. The van der Waals surface area contributed by atoms with Crippen LogP contribution >= 0.6 is 15.9 Å². The fourth-order valence-corrected chi connectivity index (χ4v) is 11.2. The van der Waals surface area contributed by atoms with Crippen molar-refractivity contribution in [2.75, 3.05) is 5.33 Å². The third-order valence-corrected chi connectivity index (χ3v) is 12.1. The molecular weight excluding hydrogens is 380 g/mol. The summed E-state index contributed by atoms with van der Waals surface area (Å²) in [4.78, 5) is 0. The molecule has 26 heavy (non-hydrogen) atoms. The van der Waals surface area contributed by atoms with E-state index in [1.165, 1.54) is 37.4 Å². The average molecular weight is 422 g/mol. The first-order chi connectivity index (χ1) is 12.7. The van der Waals surface area contributed by atoms with Gasteiger partial charge in [-0.25, -0.2) is 0 Å². The molecule has 1 heteroatoms. The van der Waals surface area contributed by atoms with Crippen LogP contribution in [0.3, 0.4) is 0 Å². The van der Waals surface area contributed by atoms with Crippen molar-refractivity contribution >= 4 is 15.9 Å². The summed E-state index contributed by atoms with van der Waals surface area (Å²) >= 11 is 4.09. The van der Waals surface area contributed by atoms with Crippen LogP contribution in [0.25, 0.3) is 0 Å². The predicted molar refractivity (Wildman–Crippen MR) is 115 cm³/mol. The highest BCUT2D eigenvalue weighted by molar-refractivity contribution is 9.09. The summed E-state index contributed by atoms with van der Waals surface area (Å²) in [5.41, 5.74) is 2.90. The van der Waals surface area contributed by atoms with Crippen LogP contribution in [0.5, 0.6) is 0 Å². The van der Waals surface area contributed by atoms with Crippen LogP contribution in [0.4, 0.5) is 0 Å². The highest BCUT2D eigenvalue weighted by atomic mass is 79.9. The third kappa shape index (κ3) is 2.19. The van der Waals surface area contributed by atoms with E-state index in [1.54, 1.807) is 89.9 Å². The second-order valence-corrected chi connectivity index (χ2v) is 11.8. The van der Waals surface area contributed by atoms with Crippen LogP contribution in [-0.4, -0.2) is 5.33 Å². The van der Waals surface area contributed by atoms with E-state index in [0.717, 1.165) is 22.2 Å². The Morgan fingerprint density at radius 1 is 0.538 bits per heavy atom. The van der Waals surface area contributed by atoms with Gasteiger partial charge in [-0.1, -0.05) is 73.7 Å². The summed E-state index contributed by atoms with van der Waals surface area (Å²) in [5.74, 6) is 1.08. The van der Waals surface area contributed by atoms with Gasteiger partial charge < -0.3 is 0 Å². The van der Waals surface area contributed by atoms with Crippen LogP contribution in [0, 0.1) is 27.6 Å². The van der Waals surface area contributed by atoms with Gasteiger partial charge in [-0.3, -0.25) is 0 Å². The van der Waals surface area contributed by atoms with Gasteiger partial charge in [0.2, 0.25) is 0 Å². The molecule has 0 bridgehead atoms. The maximum Gasteiger partial charge on any atom is 0.00934 e. The molecule has 0 heterocycles. The molecule has 0 aromatic carbocycles. The number of hydrogen-bond acceptors (Lipinski definition) is 0. The van der Waals surface area contributed by atoms with E-state index in [0.29, 0.717) is 5.41 Å². The van der Waals surface area contributed by atoms with Crippen molar-refractivity contribution in [3.63, 3.8) is 0 Å². The number of alkyl halides is 1. The molecule has 2 unspecified atom stereocenters. The lowest BCUT2D eigenvalue weighted by Crippen LogP contribution is -2.65. The first kappa shape index (κ1) is 18.5. The first-order valence-corrected chi connectivity index (χ1v) is 13.4. The summed E-state index contributed by atoms with van der Waals surface area (Å²) < 4.78 is 0. The number of fused-ring (bicyclic) bond motifs is 3. The summed E-state index contributed by atoms with van der Waals surface area (Å²) in [5, 5.41) is 1.31. The Morgan fingerprint density at radius 3 is 1.77 bits per heavy atom. The Labute approximate surface area is 170 Å². The second-order valence-electron chi connectivity index (χ2n) is 11.2. The van der Waals surface area contributed by atoms with Gasteiger partial charge in [0.25, 0.3) is 0 Å². The van der Waals surface area contributed by atoms with E-state index in [1.807, 2.05) is 0 Å². The molecule has 0 nitrogen and oxygen atoms in total. The number of hydrogen-bond donors (Lipinski definition) is 0. The van der Waals surface area contributed by atoms with Crippen LogP contribution in [0.1, 0.15) is 122 Å². The molecule has 0 spiro atoms. The topological polar surface area (TPSA) is 0 Å². The van der Waals surface area contributed by atoms with Gasteiger partial charge in [0.15, 0.2) is 0 Å². The zero-order valence-corrected chi connectivity index (χ0v) is 18.7. The smallest absolute Gasteiger partial charge is 0.00934 e. The Balaban J connectivity index is 1.60. The normalized spacial score (nSPS) is 49.7. The highest BCUT2D eigenvalue weighted by Crippen LogP contribution is 2.83. The Morgan fingerprint density at radius 2 is 1.15 bits per heavy atom. The van der Waals surface area contributed by atoms with Crippen molar-refractivity contribution in [1.29, 1.82) is 0 Å². The lowest BCUT2D eigenvalue weighted by Gasteiger charge is -2.72. The molecule has 5 rings (SSSR count). The molecule has 0 aromatic heterocycles. The number of halogens is 1. The van der Waals surface area contributed by atoms with Gasteiger partial charge in [-0.05, 0) is 91.8 Å². The summed E-state index contributed by atoms with van der Waals surface area (Å²) in [6.07, 6.45) is 29.7. The molecular formula is C25H41Br. The minimum absolute atomic E-state index is 0.674. The van der Waals surface area contributed by atoms with Crippen molar-refractivity contribution in [2.45, 2.75) is 122 Å². The Hall–Kier alpha value is 0.480. The van der Waals surface area contributed by atoms with Crippen molar-refractivity contribution in [3.8, 4) is 0 Å². The first-order valence-electron chi connectivity index (χ1n) is 12.3. The van der Waals surface area contributed by atoms with Gasteiger partial charge in [0.1, 0.15) is 0 Å². The molecule has 2 atom stereocenters. The maximum absolute atomic E-state index is 4.09. The van der Waals surface area contributed by atoms with E-state index in [9.17, 15) is 0 Å². The second kappa shape index (κ2) is 6.77. The molecule has 5 saturated carbocycles. The maximum atomic E-state index is 4.09. The largest absolute Gasteiger partial charge is 0.0922 e. The molecule has 0 N–H and O–H groups in total. The molecule has 0 aliphatic heterocycles. The summed E-state index contributed by atoms with van der Waals surface area (Å²) in [6.45, 7) is 0.